The van der Waals surface area contributed by atoms with Gasteiger partial charge < -0.3 is 4.74 Å². The molecule has 104 valence electrons. The summed E-state index contributed by atoms with van der Waals surface area (Å²) in [5.41, 5.74) is -0.542. The molecule has 0 amide bonds. The van der Waals surface area contributed by atoms with Crippen LogP contribution in [0.4, 0.5) is 11.4 Å². The summed E-state index contributed by atoms with van der Waals surface area (Å²) in [7, 11) is 1.23. The molecule has 0 aliphatic carbocycles. The Kier molecular flexibility index (Phi) is 3.41. The molecule has 1 aromatic carbocycles. The number of rotatable bonds is 3. The van der Waals surface area contributed by atoms with Gasteiger partial charge in [0, 0.05) is 5.69 Å². The van der Waals surface area contributed by atoms with Gasteiger partial charge in [-0.1, -0.05) is 11.6 Å². The maximum Gasteiger partial charge on any atom is 0.320 e. The molecule has 2 rings (SSSR count). The van der Waals surface area contributed by atoms with Gasteiger partial charge in [0.1, 0.15) is 10.9 Å². The standard InChI is InChI=1S/C11H8ClN3O5/c1-5-3-6(12)9-7(14(16)17)4-8(15(18)19)11(20-2)10(9)13-5/h3-4H,1-2H3. The third kappa shape index (κ3) is 2.10. The minimum absolute atomic E-state index is 0.00148. The van der Waals surface area contributed by atoms with Crippen LogP contribution in [0.25, 0.3) is 10.9 Å². The van der Waals surface area contributed by atoms with Gasteiger partial charge in [-0.05, 0) is 13.0 Å². The molecule has 0 saturated carbocycles. The first-order valence-corrected chi connectivity index (χ1v) is 5.71. The zero-order valence-corrected chi connectivity index (χ0v) is 11.2. The molecule has 0 bridgehead atoms. The third-order valence-electron chi connectivity index (χ3n) is 2.67. The van der Waals surface area contributed by atoms with Crippen LogP contribution in [0.2, 0.25) is 5.02 Å². The highest BCUT2D eigenvalue weighted by Gasteiger charge is 2.29. The monoisotopic (exact) mass is 297 g/mol. The van der Waals surface area contributed by atoms with E-state index >= 15 is 0 Å². The SMILES string of the molecule is COc1c([N+](=O)[O-])cc([N+](=O)[O-])c2c(Cl)cc(C)nc12. The van der Waals surface area contributed by atoms with E-state index in [1.54, 1.807) is 6.92 Å². The van der Waals surface area contributed by atoms with Crippen LogP contribution in [0.3, 0.4) is 0 Å². The van der Waals surface area contributed by atoms with Crippen molar-refractivity contribution in [3.05, 3.63) is 43.1 Å². The maximum absolute atomic E-state index is 11.1. The van der Waals surface area contributed by atoms with Crippen LogP contribution in [0, 0.1) is 27.2 Å². The minimum atomic E-state index is -0.761. The van der Waals surface area contributed by atoms with Crippen molar-refractivity contribution >= 4 is 33.9 Å². The molecule has 2 aromatic rings. The molecular formula is C11H8ClN3O5. The van der Waals surface area contributed by atoms with Crippen molar-refractivity contribution in [2.75, 3.05) is 7.11 Å². The lowest BCUT2D eigenvalue weighted by Crippen LogP contribution is -2.00. The number of nitro groups is 2. The van der Waals surface area contributed by atoms with E-state index in [0.717, 1.165) is 6.07 Å². The zero-order chi connectivity index (χ0) is 15.0. The van der Waals surface area contributed by atoms with Crippen LogP contribution in [0.15, 0.2) is 12.1 Å². The molecule has 0 saturated heterocycles. The molecular weight excluding hydrogens is 290 g/mol. The van der Waals surface area contributed by atoms with Crippen molar-refractivity contribution in [2.45, 2.75) is 6.92 Å². The molecule has 0 unspecified atom stereocenters. The van der Waals surface area contributed by atoms with Crippen molar-refractivity contribution in [1.29, 1.82) is 0 Å². The summed E-state index contributed by atoms with van der Waals surface area (Å²) in [6.07, 6.45) is 0. The molecule has 20 heavy (non-hydrogen) atoms. The van der Waals surface area contributed by atoms with Crippen molar-refractivity contribution < 1.29 is 14.6 Å². The molecule has 0 spiro atoms. The van der Waals surface area contributed by atoms with Gasteiger partial charge in [-0.3, -0.25) is 20.2 Å². The van der Waals surface area contributed by atoms with E-state index in [-0.39, 0.29) is 21.7 Å². The Morgan fingerprint density at radius 3 is 2.30 bits per heavy atom. The Labute approximate surface area is 117 Å². The second kappa shape index (κ2) is 4.89. The average Bonchev–Trinajstić information content (AvgIpc) is 2.35. The number of nitrogens with zero attached hydrogens (tertiary/aromatic N) is 3. The van der Waals surface area contributed by atoms with Crippen LogP contribution >= 0.6 is 11.6 Å². The summed E-state index contributed by atoms with van der Waals surface area (Å²) in [4.78, 5) is 24.7. The zero-order valence-electron chi connectivity index (χ0n) is 10.4. The molecule has 0 radical (unpaired) electrons. The van der Waals surface area contributed by atoms with Gasteiger partial charge in [0.05, 0.1) is 28.0 Å². The summed E-state index contributed by atoms with van der Waals surface area (Å²) in [6.45, 7) is 1.62. The number of pyridine rings is 1. The average molecular weight is 298 g/mol. The van der Waals surface area contributed by atoms with Gasteiger partial charge in [0.15, 0.2) is 0 Å². The van der Waals surface area contributed by atoms with Gasteiger partial charge >= 0.3 is 5.69 Å². The van der Waals surface area contributed by atoms with Gasteiger partial charge in [0.2, 0.25) is 5.75 Å². The highest BCUT2D eigenvalue weighted by Crippen LogP contribution is 2.42. The fourth-order valence-corrected chi connectivity index (χ4v) is 2.25. The number of methoxy groups -OCH3 is 1. The van der Waals surface area contributed by atoms with E-state index in [1.165, 1.54) is 13.2 Å². The number of benzene rings is 1. The van der Waals surface area contributed by atoms with Gasteiger partial charge in [0.25, 0.3) is 5.69 Å². The molecule has 0 aliphatic rings. The second-order valence-corrected chi connectivity index (χ2v) is 4.34. The predicted octanol–water partition coefficient (Wildman–Crippen LogP) is 3.02. The first-order valence-electron chi connectivity index (χ1n) is 5.33. The van der Waals surface area contributed by atoms with E-state index in [2.05, 4.69) is 4.98 Å². The van der Waals surface area contributed by atoms with Crippen LogP contribution in [0.1, 0.15) is 5.69 Å². The number of hydrogen-bond donors (Lipinski definition) is 0. The van der Waals surface area contributed by atoms with E-state index in [4.69, 9.17) is 16.3 Å². The van der Waals surface area contributed by atoms with Crippen LogP contribution in [0.5, 0.6) is 5.75 Å². The lowest BCUT2D eigenvalue weighted by atomic mass is 10.1. The summed E-state index contributed by atoms with van der Waals surface area (Å²) >= 11 is 6.00. The minimum Gasteiger partial charge on any atom is -0.489 e. The number of aryl methyl sites for hydroxylation is 1. The highest BCUT2D eigenvalue weighted by molar-refractivity contribution is 6.36. The van der Waals surface area contributed by atoms with E-state index < -0.39 is 21.2 Å². The number of ether oxygens (including phenoxy) is 1. The van der Waals surface area contributed by atoms with E-state index in [1.807, 2.05) is 0 Å². The van der Waals surface area contributed by atoms with Gasteiger partial charge in [-0.15, -0.1) is 0 Å². The fraction of sp³-hybridized carbons (Fsp3) is 0.182. The number of aromatic nitrogens is 1. The van der Waals surface area contributed by atoms with Crippen LogP contribution in [-0.2, 0) is 0 Å². The van der Waals surface area contributed by atoms with Gasteiger partial charge in [-0.25, -0.2) is 4.98 Å². The Hall–Kier alpha value is -2.48. The summed E-state index contributed by atoms with van der Waals surface area (Å²) in [5.74, 6) is -0.152. The predicted molar refractivity (Wildman–Crippen MR) is 71.4 cm³/mol. The first kappa shape index (κ1) is 13.9. The number of nitro benzene ring substituents is 2. The van der Waals surface area contributed by atoms with Crippen molar-refractivity contribution in [3.8, 4) is 5.75 Å². The van der Waals surface area contributed by atoms with Crippen molar-refractivity contribution in [3.63, 3.8) is 0 Å². The summed E-state index contributed by atoms with van der Waals surface area (Å²) in [6, 6.07) is 2.27. The highest BCUT2D eigenvalue weighted by atomic mass is 35.5. The Morgan fingerprint density at radius 1 is 1.20 bits per heavy atom. The normalized spacial score (nSPS) is 10.6. The quantitative estimate of drug-likeness (QED) is 0.636. The summed E-state index contributed by atoms with van der Waals surface area (Å²) in [5, 5.41) is 22.2. The molecule has 0 aliphatic heterocycles. The molecule has 9 heteroatoms. The number of fused-ring (bicyclic) bond motifs is 1. The van der Waals surface area contributed by atoms with E-state index in [9.17, 15) is 20.2 Å². The number of hydrogen-bond acceptors (Lipinski definition) is 6. The van der Waals surface area contributed by atoms with Crippen LogP contribution < -0.4 is 4.74 Å². The lowest BCUT2D eigenvalue weighted by Gasteiger charge is -2.08. The smallest absolute Gasteiger partial charge is 0.320 e. The fourth-order valence-electron chi connectivity index (χ4n) is 1.91. The Morgan fingerprint density at radius 2 is 1.80 bits per heavy atom. The van der Waals surface area contributed by atoms with E-state index in [0.29, 0.717) is 5.69 Å². The summed E-state index contributed by atoms with van der Waals surface area (Å²) < 4.78 is 4.98. The Balaban J connectivity index is 3.07. The largest absolute Gasteiger partial charge is 0.489 e. The maximum atomic E-state index is 11.1. The molecule has 1 aromatic heterocycles. The van der Waals surface area contributed by atoms with Crippen LogP contribution in [-0.4, -0.2) is 21.9 Å². The molecule has 8 nitrogen and oxygen atoms in total. The topological polar surface area (TPSA) is 108 Å². The molecule has 0 atom stereocenters. The number of non-ortho nitro benzene ring substituents is 1. The Bertz CT molecular complexity index is 747. The van der Waals surface area contributed by atoms with Crippen molar-refractivity contribution in [1.82, 2.24) is 4.98 Å². The number of halogens is 1. The van der Waals surface area contributed by atoms with Gasteiger partial charge in [-0.2, -0.15) is 0 Å². The second-order valence-electron chi connectivity index (χ2n) is 3.93. The molecule has 0 fully saturated rings. The molecule has 1 heterocycles. The van der Waals surface area contributed by atoms with Crippen molar-refractivity contribution in [2.24, 2.45) is 0 Å². The molecule has 0 N–H and O–H groups in total. The lowest BCUT2D eigenvalue weighted by molar-refractivity contribution is -0.393. The third-order valence-corrected chi connectivity index (χ3v) is 2.97. The first-order chi connectivity index (χ1) is 9.36.